The molecule has 2 aromatic rings. The lowest BCUT2D eigenvalue weighted by molar-refractivity contribution is -0.137. The van der Waals surface area contributed by atoms with Crippen molar-refractivity contribution in [2.24, 2.45) is 0 Å². The summed E-state index contributed by atoms with van der Waals surface area (Å²) in [5, 5.41) is 0. The summed E-state index contributed by atoms with van der Waals surface area (Å²) in [6.45, 7) is 2.04. The summed E-state index contributed by atoms with van der Waals surface area (Å²) < 4.78 is 43.7. The van der Waals surface area contributed by atoms with Crippen LogP contribution in [0.1, 0.15) is 18.1 Å². The van der Waals surface area contributed by atoms with Gasteiger partial charge in [0.15, 0.2) is 0 Å². The predicted octanol–water partition coefficient (Wildman–Crippen LogP) is 5.82. The van der Waals surface area contributed by atoms with Crippen LogP contribution in [0.2, 0.25) is 0 Å². The second-order valence-corrected chi connectivity index (χ2v) is 5.10. The van der Waals surface area contributed by atoms with Gasteiger partial charge in [-0.25, -0.2) is 0 Å². The van der Waals surface area contributed by atoms with Crippen LogP contribution in [0.15, 0.2) is 46.9 Å². The quantitative estimate of drug-likeness (QED) is 0.681. The van der Waals surface area contributed by atoms with Crippen molar-refractivity contribution in [1.82, 2.24) is 0 Å². The molecule has 2 aromatic carbocycles. The number of halogens is 4. The van der Waals surface area contributed by atoms with E-state index >= 15 is 0 Å². The maximum absolute atomic E-state index is 12.4. The fourth-order valence-electron chi connectivity index (χ4n) is 1.69. The number of ether oxygens (including phenoxy) is 1. The van der Waals surface area contributed by atoms with E-state index < -0.39 is 11.7 Å². The smallest absolute Gasteiger partial charge is 0.416 e. The Labute approximate surface area is 123 Å². The van der Waals surface area contributed by atoms with Crippen LogP contribution in [0.4, 0.5) is 13.2 Å². The van der Waals surface area contributed by atoms with Gasteiger partial charge >= 0.3 is 6.18 Å². The third-order valence-electron chi connectivity index (χ3n) is 2.81. The lowest BCUT2D eigenvalue weighted by Crippen LogP contribution is -2.04. The first-order valence-electron chi connectivity index (χ1n) is 6.03. The highest BCUT2D eigenvalue weighted by molar-refractivity contribution is 9.10. The highest BCUT2D eigenvalue weighted by atomic mass is 79.9. The summed E-state index contributed by atoms with van der Waals surface area (Å²) in [5.74, 6) is 0.935. The number of hydrogen-bond acceptors (Lipinski definition) is 1. The van der Waals surface area contributed by atoms with Crippen LogP contribution in [-0.4, -0.2) is 0 Å². The number of benzene rings is 2. The Balaban J connectivity index is 2.18. The molecule has 0 fully saturated rings. The molecule has 0 aliphatic rings. The molecular weight excluding hydrogens is 333 g/mol. The maximum atomic E-state index is 12.4. The standard InChI is InChI=1S/C15H12BrF3O/c1-2-10-3-8-14(13(16)9-10)20-12-6-4-11(5-7-12)15(17,18)19/h3-9H,2H2,1H3. The minimum atomic E-state index is -4.33. The van der Waals surface area contributed by atoms with Crippen LogP contribution in [0.3, 0.4) is 0 Å². The molecule has 0 aromatic heterocycles. The highest BCUT2D eigenvalue weighted by Crippen LogP contribution is 2.33. The van der Waals surface area contributed by atoms with Crippen LogP contribution in [0.25, 0.3) is 0 Å². The first-order chi connectivity index (χ1) is 9.40. The Kier molecular flexibility index (Phi) is 4.38. The third kappa shape index (κ3) is 3.54. The van der Waals surface area contributed by atoms with Gasteiger partial charge in [-0.3, -0.25) is 0 Å². The zero-order valence-corrected chi connectivity index (χ0v) is 12.3. The average Bonchev–Trinajstić information content (AvgIpc) is 2.40. The number of hydrogen-bond donors (Lipinski definition) is 0. The van der Waals surface area contributed by atoms with Crippen LogP contribution >= 0.6 is 15.9 Å². The van der Waals surface area contributed by atoms with Crippen molar-refractivity contribution >= 4 is 15.9 Å². The van der Waals surface area contributed by atoms with Crippen molar-refractivity contribution in [2.75, 3.05) is 0 Å². The Morgan fingerprint density at radius 2 is 1.70 bits per heavy atom. The predicted molar refractivity (Wildman–Crippen MR) is 75.0 cm³/mol. The third-order valence-corrected chi connectivity index (χ3v) is 3.43. The molecule has 0 aliphatic heterocycles. The molecule has 0 radical (unpaired) electrons. The number of rotatable bonds is 3. The first kappa shape index (κ1) is 14.9. The van der Waals surface area contributed by atoms with E-state index in [0.717, 1.165) is 28.6 Å². The van der Waals surface area contributed by atoms with Gasteiger partial charge in [-0.1, -0.05) is 13.0 Å². The van der Waals surface area contributed by atoms with Crippen molar-refractivity contribution < 1.29 is 17.9 Å². The zero-order valence-electron chi connectivity index (χ0n) is 10.7. The molecule has 0 saturated carbocycles. The van der Waals surface area contributed by atoms with E-state index in [9.17, 15) is 13.2 Å². The molecule has 0 aliphatic carbocycles. The molecular formula is C15H12BrF3O. The van der Waals surface area contributed by atoms with Crippen LogP contribution < -0.4 is 4.74 Å². The molecule has 1 nitrogen and oxygen atoms in total. The minimum Gasteiger partial charge on any atom is -0.456 e. The second kappa shape index (κ2) is 5.87. The molecule has 0 heterocycles. The van der Waals surface area contributed by atoms with Crippen molar-refractivity contribution in [1.29, 1.82) is 0 Å². The minimum absolute atomic E-state index is 0.364. The Morgan fingerprint density at radius 1 is 1.05 bits per heavy atom. The van der Waals surface area contributed by atoms with E-state index in [4.69, 9.17) is 4.74 Å². The van der Waals surface area contributed by atoms with Gasteiger partial charge < -0.3 is 4.74 Å². The van der Waals surface area contributed by atoms with Crippen LogP contribution in [-0.2, 0) is 12.6 Å². The van der Waals surface area contributed by atoms with Crippen molar-refractivity contribution in [2.45, 2.75) is 19.5 Å². The van der Waals surface area contributed by atoms with E-state index in [2.05, 4.69) is 15.9 Å². The van der Waals surface area contributed by atoms with E-state index in [1.54, 1.807) is 6.07 Å². The van der Waals surface area contributed by atoms with Gasteiger partial charge in [0, 0.05) is 0 Å². The fourth-order valence-corrected chi connectivity index (χ4v) is 2.19. The Hall–Kier alpha value is -1.49. The molecule has 20 heavy (non-hydrogen) atoms. The maximum Gasteiger partial charge on any atom is 0.416 e. The van der Waals surface area contributed by atoms with Crippen molar-refractivity contribution in [3.05, 3.63) is 58.1 Å². The van der Waals surface area contributed by atoms with E-state index in [0.29, 0.717) is 11.5 Å². The summed E-state index contributed by atoms with van der Waals surface area (Å²) >= 11 is 3.39. The molecule has 0 saturated heterocycles. The zero-order chi connectivity index (χ0) is 14.8. The second-order valence-electron chi connectivity index (χ2n) is 4.24. The molecule has 106 valence electrons. The molecule has 0 amide bonds. The summed E-state index contributed by atoms with van der Waals surface area (Å²) in [4.78, 5) is 0. The lowest BCUT2D eigenvalue weighted by atomic mass is 10.2. The molecule has 0 atom stereocenters. The van der Waals surface area contributed by atoms with E-state index in [-0.39, 0.29) is 0 Å². The van der Waals surface area contributed by atoms with Gasteiger partial charge in [-0.05, 0) is 64.3 Å². The molecule has 5 heteroatoms. The van der Waals surface area contributed by atoms with E-state index in [1.807, 2.05) is 19.1 Å². The van der Waals surface area contributed by atoms with E-state index in [1.165, 1.54) is 12.1 Å². The van der Waals surface area contributed by atoms with Gasteiger partial charge in [-0.2, -0.15) is 13.2 Å². The first-order valence-corrected chi connectivity index (χ1v) is 6.83. The van der Waals surface area contributed by atoms with Crippen LogP contribution in [0, 0.1) is 0 Å². The summed E-state index contributed by atoms with van der Waals surface area (Å²) in [7, 11) is 0. The lowest BCUT2D eigenvalue weighted by Gasteiger charge is -2.10. The number of aryl methyl sites for hydroxylation is 1. The molecule has 0 unspecified atom stereocenters. The van der Waals surface area contributed by atoms with Crippen molar-refractivity contribution in [3.8, 4) is 11.5 Å². The summed E-state index contributed by atoms with van der Waals surface area (Å²) in [6.07, 6.45) is -3.43. The fraction of sp³-hybridized carbons (Fsp3) is 0.200. The van der Waals surface area contributed by atoms with Gasteiger partial charge in [-0.15, -0.1) is 0 Å². The SMILES string of the molecule is CCc1ccc(Oc2ccc(C(F)(F)F)cc2)c(Br)c1. The largest absolute Gasteiger partial charge is 0.456 e. The number of alkyl halides is 3. The van der Waals surface area contributed by atoms with Gasteiger partial charge in [0.2, 0.25) is 0 Å². The molecule has 0 bridgehead atoms. The Morgan fingerprint density at radius 3 is 2.20 bits per heavy atom. The molecule has 2 rings (SSSR count). The van der Waals surface area contributed by atoms with Gasteiger partial charge in [0.1, 0.15) is 11.5 Å². The monoisotopic (exact) mass is 344 g/mol. The molecule has 0 spiro atoms. The average molecular weight is 345 g/mol. The van der Waals surface area contributed by atoms with Gasteiger partial charge in [0.05, 0.1) is 10.0 Å². The normalized spacial score (nSPS) is 11.4. The Bertz CT molecular complexity index is 591. The van der Waals surface area contributed by atoms with Crippen molar-refractivity contribution in [3.63, 3.8) is 0 Å². The van der Waals surface area contributed by atoms with Crippen LogP contribution in [0.5, 0.6) is 11.5 Å². The highest BCUT2D eigenvalue weighted by Gasteiger charge is 2.30. The summed E-state index contributed by atoms with van der Waals surface area (Å²) in [5.41, 5.74) is 0.460. The molecule has 0 N–H and O–H groups in total. The van der Waals surface area contributed by atoms with Gasteiger partial charge in [0.25, 0.3) is 0 Å². The topological polar surface area (TPSA) is 9.23 Å². The summed E-state index contributed by atoms with van der Waals surface area (Å²) in [6, 6.07) is 10.3.